The third kappa shape index (κ3) is 2.31. The van der Waals surface area contributed by atoms with E-state index in [4.69, 9.17) is 0 Å². The lowest BCUT2D eigenvalue weighted by Crippen LogP contribution is -2.24. The first-order valence-electron chi connectivity index (χ1n) is 7.12. The molecule has 1 aliphatic heterocycles. The van der Waals surface area contributed by atoms with Crippen molar-refractivity contribution in [3.63, 3.8) is 0 Å². The molecule has 0 unspecified atom stereocenters. The van der Waals surface area contributed by atoms with Crippen LogP contribution in [0.1, 0.15) is 17.5 Å². The molecule has 3 aromatic rings. The molecule has 0 spiro atoms. The number of anilines is 1. The summed E-state index contributed by atoms with van der Waals surface area (Å²) in [6.07, 6.45) is 7.98. The van der Waals surface area contributed by atoms with Crippen molar-refractivity contribution in [2.45, 2.75) is 19.4 Å². The number of hydrogen-bond donors (Lipinski definition) is 0. The fourth-order valence-corrected chi connectivity index (χ4v) is 3.37. The maximum atomic E-state index is 4.67. The summed E-state index contributed by atoms with van der Waals surface area (Å²) in [6.45, 7) is 1.89. The van der Waals surface area contributed by atoms with Crippen LogP contribution in [-0.4, -0.2) is 20.9 Å². The van der Waals surface area contributed by atoms with Gasteiger partial charge in [-0.2, -0.15) is 0 Å². The van der Waals surface area contributed by atoms with E-state index in [-0.39, 0.29) is 0 Å². The van der Waals surface area contributed by atoms with E-state index in [9.17, 15) is 0 Å². The van der Waals surface area contributed by atoms with E-state index in [0.717, 1.165) is 42.0 Å². The molecule has 4 rings (SSSR count). The lowest BCUT2D eigenvalue weighted by molar-refractivity contribution is 0.752. The smallest absolute Gasteiger partial charge is 0.180 e. The Balaban J connectivity index is 1.80. The molecular formula is C16H15BrN4. The highest BCUT2D eigenvalue weighted by Gasteiger charge is 2.18. The SMILES string of the molecule is Brc1cn2ccnc2c(N2CCCc3ccccc3C2)n1. The molecular weight excluding hydrogens is 328 g/mol. The van der Waals surface area contributed by atoms with Crippen LogP contribution in [-0.2, 0) is 13.0 Å². The van der Waals surface area contributed by atoms with Crippen LogP contribution in [0, 0.1) is 0 Å². The summed E-state index contributed by atoms with van der Waals surface area (Å²) >= 11 is 3.50. The largest absolute Gasteiger partial charge is 0.349 e. The van der Waals surface area contributed by atoms with Gasteiger partial charge < -0.3 is 9.30 Å². The van der Waals surface area contributed by atoms with Crippen LogP contribution in [0.3, 0.4) is 0 Å². The maximum Gasteiger partial charge on any atom is 0.180 e. The number of rotatable bonds is 1. The van der Waals surface area contributed by atoms with E-state index in [1.807, 2.05) is 23.0 Å². The Bertz CT molecular complexity index is 796. The molecule has 3 heterocycles. The van der Waals surface area contributed by atoms with Crippen molar-refractivity contribution in [1.82, 2.24) is 14.4 Å². The Labute approximate surface area is 131 Å². The van der Waals surface area contributed by atoms with Gasteiger partial charge in [-0.3, -0.25) is 0 Å². The molecule has 0 radical (unpaired) electrons. The summed E-state index contributed by atoms with van der Waals surface area (Å²) in [5.41, 5.74) is 3.76. The van der Waals surface area contributed by atoms with E-state index < -0.39 is 0 Å². The summed E-state index contributed by atoms with van der Waals surface area (Å²) in [4.78, 5) is 11.5. The molecule has 0 amide bonds. The van der Waals surface area contributed by atoms with E-state index in [1.54, 1.807) is 0 Å². The number of imidazole rings is 1. The van der Waals surface area contributed by atoms with E-state index in [1.165, 1.54) is 11.1 Å². The van der Waals surface area contributed by atoms with Crippen LogP contribution in [0.5, 0.6) is 0 Å². The van der Waals surface area contributed by atoms with E-state index in [2.05, 4.69) is 55.1 Å². The number of hydrogen-bond acceptors (Lipinski definition) is 3. The number of halogens is 1. The third-order valence-electron chi connectivity index (χ3n) is 3.98. The van der Waals surface area contributed by atoms with Crippen molar-refractivity contribution in [3.8, 4) is 0 Å². The summed E-state index contributed by atoms with van der Waals surface area (Å²) in [7, 11) is 0. The van der Waals surface area contributed by atoms with Crippen LogP contribution in [0.2, 0.25) is 0 Å². The normalized spacial score (nSPS) is 15.0. The number of nitrogens with zero attached hydrogens (tertiary/aromatic N) is 4. The average Bonchev–Trinajstić information content (AvgIpc) is 2.84. The van der Waals surface area contributed by atoms with Gasteiger partial charge in [-0.1, -0.05) is 24.3 Å². The molecule has 0 bridgehead atoms. The van der Waals surface area contributed by atoms with Gasteiger partial charge >= 0.3 is 0 Å². The highest BCUT2D eigenvalue weighted by atomic mass is 79.9. The molecule has 0 aliphatic carbocycles. The predicted octanol–water partition coefficient (Wildman–Crippen LogP) is 3.44. The Hall–Kier alpha value is -1.88. The molecule has 1 aliphatic rings. The lowest BCUT2D eigenvalue weighted by atomic mass is 10.0. The quantitative estimate of drug-likeness (QED) is 0.679. The molecule has 21 heavy (non-hydrogen) atoms. The summed E-state index contributed by atoms with van der Waals surface area (Å²) in [6, 6.07) is 8.69. The second kappa shape index (κ2) is 5.15. The van der Waals surface area contributed by atoms with Crippen LogP contribution in [0.25, 0.3) is 5.65 Å². The highest BCUT2D eigenvalue weighted by Crippen LogP contribution is 2.26. The van der Waals surface area contributed by atoms with Gasteiger partial charge in [0, 0.05) is 31.7 Å². The van der Waals surface area contributed by atoms with Crippen molar-refractivity contribution in [3.05, 3.63) is 58.6 Å². The van der Waals surface area contributed by atoms with Gasteiger partial charge in [-0.05, 0) is 39.9 Å². The van der Waals surface area contributed by atoms with Gasteiger partial charge in [0.15, 0.2) is 11.5 Å². The molecule has 2 aromatic heterocycles. The summed E-state index contributed by atoms with van der Waals surface area (Å²) < 4.78 is 2.85. The van der Waals surface area contributed by atoms with E-state index >= 15 is 0 Å². The van der Waals surface area contributed by atoms with Gasteiger partial charge in [0.1, 0.15) is 4.60 Å². The van der Waals surface area contributed by atoms with Crippen molar-refractivity contribution >= 4 is 27.4 Å². The number of benzene rings is 1. The van der Waals surface area contributed by atoms with Gasteiger partial charge in [0.2, 0.25) is 0 Å². The fourth-order valence-electron chi connectivity index (χ4n) is 2.98. The van der Waals surface area contributed by atoms with Crippen LogP contribution in [0.4, 0.5) is 5.82 Å². The highest BCUT2D eigenvalue weighted by molar-refractivity contribution is 9.10. The molecule has 0 atom stereocenters. The van der Waals surface area contributed by atoms with Crippen molar-refractivity contribution in [2.24, 2.45) is 0 Å². The summed E-state index contributed by atoms with van der Waals surface area (Å²) in [5.74, 6) is 0.950. The zero-order valence-electron chi connectivity index (χ0n) is 11.5. The zero-order chi connectivity index (χ0) is 14.2. The monoisotopic (exact) mass is 342 g/mol. The zero-order valence-corrected chi connectivity index (χ0v) is 13.1. The summed E-state index contributed by atoms with van der Waals surface area (Å²) in [5, 5.41) is 0. The molecule has 0 N–H and O–H groups in total. The Kier molecular flexibility index (Phi) is 3.15. The Morgan fingerprint density at radius 3 is 2.90 bits per heavy atom. The minimum atomic E-state index is 0.834. The van der Waals surface area contributed by atoms with Gasteiger partial charge in [-0.15, -0.1) is 0 Å². The van der Waals surface area contributed by atoms with Crippen LogP contribution >= 0.6 is 15.9 Å². The second-order valence-corrected chi connectivity index (χ2v) is 6.15. The Morgan fingerprint density at radius 2 is 2.00 bits per heavy atom. The first kappa shape index (κ1) is 12.8. The van der Waals surface area contributed by atoms with E-state index in [0.29, 0.717) is 0 Å². The average molecular weight is 343 g/mol. The van der Waals surface area contributed by atoms with Crippen LogP contribution in [0.15, 0.2) is 47.5 Å². The number of aryl methyl sites for hydroxylation is 1. The standard InChI is InChI=1S/C16H15BrN4/c17-14-11-21-9-7-18-15(21)16(19-14)20-8-3-6-12-4-1-2-5-13(12)10-20/h1-2,4-5,7,9,11H,3,6,8,10H2. The molecule has 106 valence electrons. The minimum absolute atomic E-state index is 0.834. The van der Waals surface area contributed by atoms with Crippen molar-refractivity contribution in [2.75, 3.05) is 11.4 Å². The number of fused-ring (bicyclic) bond motifs is 2. The van der Waals surface area contributed by atoms with Gasteiger partial charge in [0.25, 0.3) is 0 Å². The first-order chi connectivity index (χ1) is 10.3. The first-order valence-corrected chi connectivity index (χ1v) is 7.91. The predicted molar refractivity (Wildman–Crippen MR) is 86.5 cm³/mol. The topological polar surface area (TPSA) is 33.4 Å². The fraction of sp³-hybridized carbons (Fsp3) is 0.250. The van der Waals surface area contributed by atoms with Gasteiger partial charge in [-0.25, -0.2) is 9.97 Å². The molecule has 5 heteroatoms. The van der Waals surface area contributed by atoms with Crippen molar-refractivity contribution in [1.29, 1.82) is 0 Å². The maximum absolute atomic E-state index is 4.67. The number of aromatic nitrogens is 3. The molecule has 0 fully saturated rings. The Morgan fingerprint density at radius 1 is 1.14 bits per heavy atom. The molecule has 1 aromatic carbocycles. The molecule has 0 saturated heterocycles. The van der Waals surface area contributed by atoms with Crippen molar-refractivity contribution < 1.29 is 0 Å². The third-order valence-corrected chi connectivity index (χ3v) is 4.36. The lowest BCUT2D eigenvalue weighted by Gasteiger charge is -2.22. The molecule has 0 saturated carbocycles. The van der Waals surface area contributed by atoms with Crippen LogP contribution < -0.4 is 4.90 Å². The molecule has 4 nitrogen and oxygen atoms in total. The minimum Gasteiger partial charge on any atom is -0.349 e. The van der Waals surface area contributed by atoms with Gasteiger partial charge in [0.05, 0.1) is 0 Å². The second-order valence-electron chi connectivity index (χ2n) is 5.34.